The minimum Gasteiger partial charge on any atom is -0.354 e. The SMILES string of the molecule is CN=C(NCc1ccc(F)cc1C(F)(F)F)NCc1cccnc1N1CCN(C)CC1. The van der Waals surface area contributed by atoms with Crippen LogP contribution < -0.4 is 15.5 Å². The van der Waals surface area contributed by atoms with Crippen molar-refractivity contribution in [2.75, 3.05) is 45.2 Å². The molecular weight excluding hydrogens is 412 g/mol. The molecule has 1 fully saturated rings. The molecule has 0 bridgehead atoms. The molecule has 1 aromatic carbocycles. The standard InChI is InChI=1S/C21H26F4N6/c1-26-20(28-13-15-5-6-17(22)12-18(15)21(23,24)25)29-14-16-4-3-7-27-19(16)31-10-8-30(2)9-11-31/h3-7,12H,8-11,13-14H2,1-2H3,(H2,26,28,29). The number of hydrogen-bond donors (Lipinski definition) is 2. The molecule has 2 N–H and O–H groups in total. The highest BCUT2D eigenvalue weighted by atomic mass is 19.4. The third-order valence-corrected chi connectivity index (χ3v) is 5.16. The number of alkyl halides is 3. The summed E-state index contributed by atoms with van der Waals surface area (Å²) >= 11 is 0. The Morgan fingerprint density at radius 1 is 1.06 bits per heavy atom. The number of nitrogens with zero attached hydrogens (tertiary/aromatic N) is 4. The molecule has 0 saturated carbocycles. The maximum absolute atomic E-state index is 13.3. The lowest BCUT2D eigenvalue weighted by Gasteiger charge is -2.34. The minimum absolute atomic E-state index is 0.0589. The van der Waals surface area contributed by atoms with E-state index in [0.717, 1.165) is 49.7 Å². The fourth-order valence-corrected chi connectivity index (χ4v) is 3.42. The molecule has 3 rings (SSSR count). The van der Waals surface area contributed by atoms with Gasteiger partial charge in [0.1, 0.15) is 11.6 Å². The van der Waals surface area contributed by atoms with Crippen LogP contribution in [-0.4, -0.2) is 56.1 Å². The van der Waals surface area contributed by atoms with Gasteiger partial charge in [-0.2, -0.15) is 13.2 Å². The molecule has 2 aromatic rings. The quantitative estimate of drug-likeness (QED) is 0.427. The van der Waals surface area contributed by atoms with Crippen LogP contribution in [0.2, 0.25) is 0 Å². The first-order valence-corrected chi connectivity index (χ1v) is 9.95. The van der Waals surface area contributed by atoms with Gasteiger partial charge in [-0.05, 0) is 30.8 Å². The fourth-order valence-electron chi connectivity index (χ4n) is 3.42. The number of pyridine rings is 1. The van der Waals surface area contributed by atoms with Crippen LogP contribution in [0.25, 0.3) is 0 Å². The molecule has 0 atom stereocenters. The lowest BCUT2D eigenvalue weighted by Crippen LogP contribution is -2.45. The second-order valence-electron chi connectivity index (χ2n) is 7.36. The van der Waals surface area contributed by atoms with Crippen LogP contribution in [0.4, 0.5) is 23.4 Å². The molecule has 31 heavy (non-hydrogen) atoms. The molecule has 0 radical (unpaired) electrons. The Labute approximate surface area is 179 Å². The molecule has 1 aliphatic heterocycles. The van der Waals surface area contributed by atoms with Crippen LogP contribution in [-0.2, 0) is 19.3 Å². The molecule has 2 heterocycles. The van der Waals surface area contributed by atoms with Crippen molar-refractivity contribution in [1.82, 2.24) is 20.5 Å². The molecular formula is C21H26F4N6. The Hall–Kier alpha value is -2.88. The second kappa shape index (κ2) is 9.95. The Balaban J connectivity index is 1.64. The monoisotopic (exact) mass is 438 g/mol. The highest BCUT2D eigenvalue weighted by Crippen LogP contribution is 2.32. The van der Waals surface area contributed by atoms with Crippen molar-refractivity contribution in [2.45, 2.75) is 19.3 Å². The molecule has 0 aliphatic carbocycles. The van der Waals surface area contributed by atoms with E-state index in [-0.39, 0.29) is 12.1 Å². The average Bonchev–Trinajstić information content (AvgIpc) is 2.75. The minimum atomic E-state index is -4.64. The Morgan fingerprint density at radius 3 is 2.39 bits per heavy atom. The van der Waals surface area contributed by atoms with Gasteiger partial charge in [-0.3, -0.25) is 4.99 Å². The summed E-state index contributed by atoms with van der Waals surface area (Å²) in [5.41, 5.74) is -0.0933. The maximum atomic E-state index is 13.3. The lowest BCUT2D eigenvalue weighted by molar-refractivity contribution is -0.138. The zero-order valence-electron chi connectivity index (χ0n) is 17.5. The Morgan fingerprint density at radius 2 is 1.74 bits per heavy atom. The molecule has 1 aliphatic rings. The van der Waals surface area contributed by atoms with E-state index in [0.29, 0.717) is 18.6 Å². The summed E-state index contributed by atoms with van der Waals surface area (Å²) < 4.78 is 52.9. The van der Waals surface area contributed by atoms with Crippen molar-refractivity contribution in [3.8, 4) is 0 Å². The molecule has 0 spiro atoms. The van der Waals surface area contributed by atoms with E-state index in [1.54, 1.807) is 6.20 Å². The van der Waals surface area contributed by atoms with Gasteiger partial charge in [-0.25, -0.2) is 9.37 Å². The zero-order chi connectivity index (χ0) is 22.4. The van der Waals surface area contributed by atoms with Gasteiger partial charge >= 0.3 is 6.18 Å². The number of aromatic nitrogens is 1. The van der Waals surface area contributed by atoms with Gasteiger partial charge in [0, 0.05) is 58.1 Å². The number of likely N-dealkylation sites (N-methyl/N-ethyl adjacent to an activating group) is 1. The third-order valence-electron chi connectivity index (χ3n) is 5.16. The van der Waals surface area contributed by atoms with Crippen molar-refractivity contribution < 1.29 is 17.6 Å². The van der Waals surface area contributed by atoms with E-state index in [9.17, 15) is 17.6 Å². The van der Waals surface area contributed by atoms with Crippen LogP contribution >= 0.6 is 0 Å². The van der Waals surface area contributed by atoms with E-state index < -0.39 is 17.6 Å². The molecule has 6 nitrogen and oxygen atoms in total. The molecule has 1 saturated heterocycles. The summed E-state index contributed by atoms with van der Waals surface area (Å²) in [6.07, 6.45) is -2.89. The van der Waals surface area contributed by atoms with Crippen molar-refractivity contribution in [2.24, 2.45) is 4.99 Å². The number of anilines is 1. The highest BCUT2D eigenvalue weighted by Gasteiger charge is 2.33. The summed E-state index contributed by atoms with van der Waals surface area (Å²) in [5.74, 6) is 0.300. The summed E-state index contributed by atoms with van der Waals surface area (Å²) in [6, 6.07) is 6.46. The van der Waals surface area contributed by atoms with E-state index >= 15 is 0 Å². The van der Waals surface area contributed by atoms with Crippen LogP contribution in [0.1, 0.15) is 16.7 Å². The van der Waals surface area contributed by atoms with E-state index in [4.69, 9.17) is 0 Å². The number of benzene rings is 1. The number of rotatable bonds is 5. The summed E-state index contributed by atoms with van der Waals surface area (Å²) in [6.45, 7) is 3.91. The number of nitrogens with one attached hydrogen (secondary N) is 2. The van der Waals surface area contributed by atoms with Crippen molar-refractivity contribution in [3.63, 3.8) is 0 Å². The molecule has 1 aromatic heterocycles. The largest absolute Gasteiger partial charge is 0.416 e. The van der Waals surface area contributed by atoms with Crippen molar-refractivity contribution in [3.05, 3.63) is 59.0 Å². The molecule has 0 unspecified atom stereocenters. The first-order chi connectivity index (χ1) is 14.8. The zero-order valence-corrected chi connectivity index (χ0v) is 17.5. The van der Waals surface area contributed by atoms with Gasteiger partial charge in [0.25, 0.3) is 0 Å². The highest BCUT2D eigenvalue weighted by molar-refractivity contribution is 5.79. The fraction of sp³-hybridized carbons (Fsp3) is 0.429. The predicted octanol–water partition coefficient (Wildman–Crippen LogP) is 2.86. The topological polar surface area (TPSA) is 55.8 Å². The summed E-state index contributed by atoms with van der Waals surface area (Å²) in [7, 11) is 3.62. The summed E-state index contributed by atoms with van der Waals surface area (Å²) in [4.78, 5) is 13.1. The normalized spacial score (nSPS) is 15.8. The van der Waals surface area contributed by atoms with Crippen LogP contribution in [0.5, 0.6) is 0 Å². The van der Waals surface area contributed by atoms with Crippen LogP contribution in [0, 0.1) is 5.82 Å². The van der Waals surface area contributed by atoms with Crippen molar-refractivity contribution in [1.29, 1.82) is 0 Å². The molecule has 168 valence electrons. The van der Waals surface area contributed by atoms with Gasteiger partial charge < -0.3 is 20.4 Å². The number of aliphatic imine (C=N–C) groups is 1. The first kappa shape index (κ1) is 22.8. The van der Waals surface area contributed by atoms with E-state index in [1.165, 1.54) is 7.05 Å². The van der Waals surface area contributed by atoms with Crippen LogP contribution in [0.3, 0.4) is 0 Å². The van der Waals surface area contributed by atoms with Gasteiger partial charge in [-0.1, -0.05) is 12.1 Å². The predicted molar refractivity (Wildman–Crippen MR) is 112 cm³/mol. The average molecular weight is 438 g/mol. The van der Waals surface area contributed by atoms with Gasteiger partial charge in [-0.15, -0.1) is 0 Å². The third kappa shape index (κ3) is 6.06. The van der Waals surface area contributed by atoms with Crippen LogP contribution in [0.15, 0.2) is 41.5 Å². The Kier molecular flexibility index (Phi) is 7.32. The smallest absolute Gasteiger partial charge is 0.354 e. The number of halogens is 4. The lowest BCUT2D eigenvalue weighted by atomic mass is 10.1. The van der Waals surface area contributed by atoms with E-state index in [1.807, 2.05) is 12.1 Å². The van der Waals surface area contributed by atoms with Crippen molar-refractivity contribution >= 4 is 11.8 Å². The number of guanidine groups is 1. The second-order valence-corrected chi connectivity index (χ2v) is 7.36. The molecule has 0 amide bonds. The number of hydrogen-bond acceptors (Lipinski definition) is 4. The van der Waals surface area contributed by atoms with Gasteiger partial charge in [0.15, 0.2) is 5.96 Å². The first-order valence-electron chi connectivity index (χ1n) is 9.95. The Bertz CT molecular complexity index is 907. The number of piperazine rings is 1. The van der Waals surface area contributed by atoms with E-state index in [2.05, 4.69) is 37.5 Å². The maximum Gasteiger partial charge on any atom is 0.416 e. The summed E-state index contributed by atoms with van der Waals surface area (Å²) in [5, 5.41) is 5.99. The molecule has 10 heteroatoms. The van der Waals surface area contributed by atoms with Gasteiger partial charge in [0.05, 0.1) is 5.56 Å². The van der Waals surface area contributed by atoms with Gasteiger partial charge in [0.2, 0.25) is 0 Å².